The molecule has 0 saturated carbocycles. The Hall–Kier alpha value is -3.25. The van der Waals surface area contributed by atoms with Gasteiger partial charge >= 0.3 is 5.97 Å². The van der Waals surface area contributed by atoms with Gasteiger partial charge in [0.15, 0.2) is 0 Å². The second-order valence-electron chi connectivity index (χ2n) is 7.88. The fourth-order valence-electron chi connectivity index (χ4n) is 3.38. The summed E-state index contributed by atoms with van der Waals surface area (Å²) in [5, 5.41) is 0. The lowest BCUT2D eigenvalue weighted by molar-refractivity contribution is -0.134. The van der Waals surface area contributed by atoms with Crippen molar-refractivity contribution in [2.75, 3.05) is 20.3 Å². The summed E-state index contributed by atoms with van der Waals surface area (Å²) in [4.78, 5) is 11.8. The summed E-state index contributed by atoms with van der Waals surface area (Å²) in [5.74, 6) is -0.623. The van der Waals surface area contributed by atoms with E-state index in [1.807, 2.05) is 91.0 Å². The van der Waals surface area contributed by atoms with Crippen molar-refractivity contribution in [3.8, 4) is 0 Å². The molecule has 0 aliphatic carbocycles. The molecule has 0 saturated heterocycles. The van der Waals surface area contributed by atoms with Crippen LogP contribution < -0.4 is 0 Å². The SMILES string of the molecule is COC(=O)/C=C/[C@H](COCc1ccccc1)[C@H](COCc1ccccc1)OCc1ccccc1. The van der Waals surface area contributed by atoms with Gasteiger partial charge in [-0.15, -0.1) is 0 Å². The van der Waals surface area contributed by atoms with Gasteiger partial charge < -0.3 is 18.9 Å². The van der Waals surface area contributed by atoms with Gasteiger partial charge in [0.25, 0.3) is 0 Å². The van der Waals surface area contributed by atoms with Gasteiger partial charge in [0.05, 0.1) is 46.2 Å². The van der Waals surface area contributed by atoms with E-state index in [-0.39, 0.29) is 12.0 Å². The normalized spacial score (nSPS) is 13.0. The summed E-state index contributed by atoms with van der Waals surface area (Å²) >= 11 is 0. The third-order valence-corrected chi connectivity index (χ3v) is 5.28. The molecule has 0 unspecified atom stereocenters. The number of carbonyl (C=O) groups is 1. The summed E-state index contributed by atoms with van der Waals surface area (Å²) in [5.41, 5.74) is 3.24. The molecule has 178 valence electrons. The Bertz CT molecular complexity index is 973. The number of carbonyl (C=O) groups excluding carboxylic acids is 1. The lowest BCUT2D eigenvalue weighted by atomic mass is 10.0. The molecule has 0 aromatic heterocycles. The van der Waals surface area contributed by atoms with Crippen molar-refractivity contribution >= 4 is 5.97 Å². The number of benzene rings is 3. The first-order chi connectivity index (χ1) is 16.7. The van der Waals surface area contributed by atoms with Crippen molar-refractivity contribution in [3.05, 3.63) is 120 Å². The third kappa shape index (κ3) is 9.32. The highest BCUT2D eigenvalue weighted by molar-refractivity contribution is 5.81. The molecule has 0 N–H and O–H groups in total. The summed E-state index contributed by atoms with van der Waals surface area (Å²) < 4.78 is 23.1. The molecular weight excluding hydrogens is 428 g/mol. The Kier molecular flexibility index (Phi) is 11.1. The fraction of sp³-hybridized carbons (Fsp3) is 0.276. The van der Waals surface area contributed by atoms with Crippen LogP contribution in [0, 0.1) is 5.92 Å². The van der Waals surface area contributed by atoms with Crippen LogP contribution in [-0.2, 0) is 43.6 Å². The molecule has 3 rings (SSSR count). The van der Waals surface area contributed by atoms with Gasteiger partial charge in [0.1, 0.15) is 0 Å². The van der Waals surface area contributed by atoms with E-state index in [1.54, 1.807) is 6.08 Å². The standard InChI is InChI=1S/C29H32O5/c1-31-29(30)18-17-27(22-32-19-24-11-5-2-6-12-24)28(34-21-26-15-9-4-10-16-26)23-33-20-25-13-7-3-8-14-25/h2-18,27-28H,19-23H2,1H3/b18-17+/t27-,28+/m1/s1. The van der Waals surface area contributed by atoms with Crippen molar-refractivity contribution in [2.45, 2.75) is 25.9 Å². The number of rotatable bonds is 14. The molecule has 5 nitrogen and oxygen atoms in total. The smallest absolute Gasteiger partial charge is 0.330 e. The molecule has 0 spiro atoms. The highest BCUT2D eigenvalue weighted by atomic mass is 16.5. The Labute approximate surface area is 201 Å². The number of hydrogen-bond donors (Lipinski definition) is 0. The highest BCUT2D eigenvalue weighted by Crippen LogP contribution is 2.17. The maximum Gasteiger partial charge on any atom is 0.330 e. The van der Waals surface area contributed by atoms with E-state index in [2.05, 4.69) is 0 Å². The van der Waals surface area contributed by atoms with Crippen LogP contribution >= 0.6 is 0 Å². The Morgan fingerprint density at radius 3 is 1.68 bits per heavy atom. The molecule has 0 radical (unpaired) electrons. The van der Waals surface area contributed by atoms with Gasteiger partial charge in [-0.05, 0) is 16.7 Å². The average molecular weight is 461 g/mol. The first-order valence-electron chi connectivity index (χ1n) is 11.4. The van der Waals surface area contributed by atoms with Crippen molar-refractivity contribution in [2.24, 2.45) is 5.92 Å². The van der Waals surface area contributed by atoms with Crippen molar-refractivity contribution in [1.29, 1.82) is 0 Å². The second-order valence-corrected chi connectivity index (χ2v) is 7.88. The largest absolute Gasteiger partial charge is 0.466 e. The average Bonchev–Trinajstić information content (AvgIpc) is 2.90. The van der Waals surface area contributed by atoms with Crippen LogP contribution in [0.5, 0.6) is 0 Å². The van der Waals surface area contributed by atoms with E-state index in [0.717, 1.165) is 16.7 Å². The molecule has 0 aliphatic heterocycles. The maximum absolute atomic E-state index is 11.8. The molecule has 0 aliphatic rings. The zero-order valence-electron chi connectivity index (χ0n) is 19.5. The van der Waals surface area contributed by atoms with Gasteiger partial charge in [-0.3, -0.25) is 0 Å². The molecule has 3 aromatic carbocycles. The number of esters is 1. The van der Waals surface area contributed by atoms with Crippen LogP contribution in [0.25, 0.3) is 0 Å². The minimum absolute atomic E-state index is 0.206. The van der Waals surface area contributed by atoms with Gasteiger partial charge in [-0.25, -0.2) is 4.79 Å². The van der Waals surface area contributed by atoms with Crippen molar-refractivity contribution in [3.63, 3.8) is 0 Å². The molecule has 34 heavy (non-hydrogen) atoms. The van der Waals surface area contributed by atoms with Crippen LogP contribution in [0.3, 0.4) is 0 Å². The number of hydrogen-bond acceptors (Lipinski definition) is 5. The summed E-state index contributed by atoms with van der Waals surface area (Å²) in [6.07, 6.45) is 2.89. The molecule has 3 aromatic rings. The topological polar surface area (TPSA) is 54.0 Å². The summed E-state index contributed by atoms with van der Waals surface area (Å²) in [6.45, 7) is 2.11. The van der Waals surface area contributed by atoms with Crippen LogP contribution in [0.15, 0.2) is 103 Å². The molecule has 0 heterocycles. The molecule has 2 atom stereocenters. The molecule has 5 heteroatoms. The maximum atomic E-state index is 11.8. The third-order valence-electron chi connectivity index (χ3n) is 5.28. The summed E-state index contributed by atoms with van der Waals surface area (Å²) in [6, 6.07) is 30.0. The second kappa shape index (κ2) is 14.8. The Morgan fingerprint density at radius 1 is 0.706 bits per heavy atom. The van der Waals surface area contributed by atoms with E-state index in [9.17, 15) is 4.79 Å². The van der Waals surface area contributed by atoms with Crippen LogP contribution in [-0.4, -0.2) is 32.4 Å². The number of ether oxygens (including phenoxy) is 4. The molecular formula is C29H32O5. The van der Waals surface area contributed by atoms with E-state index in [1.165, 1.54) is 13.2 Å². The minimum Gasteiger partial charge on any atom is -0.466 e. The van der Waals surface area contributed by atoms with E-state index in [0.29, 0.717) is 33.0 Å². The fourth-order valence-corrected chi connectivity index (χ4v) is 3.38. The van der Waals surface area contributed by atoms with Gasteiger partial charge in [0.2, 0.25) is 0 Å². The highest BCUT2D eigenvalue weighted by Gasteiger charge is 2.22. The van der Waals surface area contributed by atoms with E-state index in [4.69, 9.17) is 18.9 Å². The lowest BCUT2D eigenvalue weighted by Crippen LogP contribution is -2.31. The zero-order chi connectivity index (χ0) is 23.8. The predicted molar refractivity (Wildman–Crippen MR) is 132 cm³/mol. The van der Waals surface area contributed by atoms with Gasteiger partial charge in [-0.2, -0.15) is 0 Å². The van der Waals surface area contributed by atoms with Crippen LogP contribution in [0.4, 0.5) is 0 Å². The molecule has 0 bridgehead atoms. The van der Waals surface area contributed by atoms with Crippen molar-refractivity contribution in [1.82, 2.24) is 0 Å². The first kappa shape index (κ1) is 25.4. The van der Waals surface area contributed by atoms with Crippen LogP contribution in [0.2, 0.25) is 0 Å². The molecule has 0 fully saturated rings. The Morgan fingerprint density at radius 2 is 1.18 bits per heavy atom. The van der Waals surface area contributed by atoms with E-state index < -0.39 is 5.97 Å². The quantitative estimate of drug-likeness (QED) is 0.240. The molecule has 0 amide bonds. The first-order valence-corrected chi connectivity index (χ1v) is 11.4. The predicted octanol–water partition coefficient (Wildman–Crippen LogP) is 5.35. The summed E-state index contributed by atoms with van der Waals surface area (Å²) in [7, 11) is 1.36. The zero-order valence-corrected chi connectivity index (χ0v) is 19.5. The van der Waals surface area contributed by atoms with Gasteiger partial charge in [0, 0.05) is 12.0 Å². The van der Waals surface area contributed by atoms with Gasteiger partial charge in [-0.1, -0.05) is 97.1 Å². The lowest BCUT2D eigenvalue weighted by Gasteiger charge is -2.25. The number of methoxy groups -OCH3 is 1. The van der Waals surface area contributed by atoms with Crippen molar-refractivity contribution < 1.29 is 23.7 Å². The van der Waals surface area contributed by atoms with E-state index >= 15 is 0 Å². The minimum atomic E-state index is -0.417. The monoisotopic (exact) mass is 460 g/mol. The Balaban J connectivity index is 1.68. The van der Waals surface area contributed by atoms with Crippen LogP contribution in [0.1, 0.15) is 16.7 Å².